The maximum atomic E-state index is 12.2. The monoisotopic (exact) mass is 316 g/mol. The highest BCUT2D eigenvalue weighted by Gasteiger charge is 2.34. The molecule has 124 valence electrons. The largest absolute Gasteiger partial charge is 0.356 e. The average molecular weight is 316 g/mol. The van der Waals surface area contributed by atoms with E-state index < -0.39 is 0 Å². The Labute approximate surface area is 137 Å². The van der Waals surface area contributed by atoms with Crippen molar-refractivity contribution in [2.24, 2.45) is 5.92 Å². The van der Waals surface area contributed by atoms with E-state index in [1.165, 1.54) is 4.90 Å². The van der Waals surface area contributed by atoms with Crippen molar-refractivity contribution in [3.8, 4) is 0 Å². The molecule has 0 unspecified atom stereocenters. The van der Waals surface area contributed by atoms with E-state index in [0.717, 1.165) is 12.8 Å². The number of imide groups is 1. The standard InChI is InChI=1S/C18H24N2O3/c1-13(2)7-5-11-19-16(21)10-6-12-20-17(22)14-8-3-4-9-15(14)18(20)23/h3-4,8-9,13H,5-7,10-12H2,1-2H3,(H,19,21). The predicted octanol–water partition coefficient (Wildman–Crippen LogP) is 2.62. The first kappa shape index (κ1) is 17.2. The van der Waals surface area contributed by atoms with Crippen LogP contribution in [0.2, 0.25) is 0 Å². The number of nitrogens with zero attached hydrogens (tertiary/aromatic N) is 1. The van der Waals surface area contributed by atoms with Crippen molar-refractivity contribution in [2.45, 2.75) is 39.5 Å². The summed E-state index contributed by atoms with van der Waals surface area (Å²) in [6.45, 7) is 5.28. The van der Waals surface area contributed by atoms with Crippen molar-refractivity contribution < 1.29 is 14.4 Å². The van der Waals surface area contributed by atoms with Gasteiger partial charge in [0.25, 0.3) is 11.8 Å². The molecule has 0 aliphatic carbocycles. The summed E-state index contributed by atoms with van der Waals surface area (Å²) in [6.07, 6.45) is 2.88. The van der Waals surface area contributed by atoms with Gasteiger partial charge in [-0.1, -0.05) is 26.0 Å². The van der Waals surface area contributed by atoms with Crippen molar-refractivity contribution in [2.75, 3.05) is 13.1 Å². The van der Waals surface area contributed by atoms with E-state index in [-0.39, 0.29) is 24.3 Å². The van der Waals surface area contributed by atoms with Gasteiger partial charge in [-0.3, -0.25) is 19.3 Å². The Bertz CT molecular complexity index is 561. The molecule has 1 aromatic carbocycles. The first-order chi connectivity index (χ1) is 11.0. The lowest BCUT2D eigenvalue weighted by Gasteiger charge is -2.13. The van der Waals surface area contributed by atoms with E-state index in [1.807, 2.05) is 0 Å². The lowest BCUT2D eigenvalue weighted by atomic mass is 10.1. The molecule has 1 aliphatic heterocycles. The van der Waals surface area contributed by atoms with E-state index in [1.54, 1.807) is 24.3 Å². The van der Waals surface area contributed by atoms with Crippen molar-refractivity contribution in [1.82, 2.24) is 10.2 Å². The lowest BCUT2D eigenvalue weighted by molar-refractivity contribution is -0.121. The van der Waals surface area contributed by atoms with Gasteiger partial charge in [0, 0.05) is 19.5 Å². The third kappa shape index (κ3) is 4.41. The minimum atomic E-state index is -0.261. The van der Waals surface area contributed by atoms with Crippen LogP contribution in [0.25, 0.3) is 0 Å². The molecule has 23 heavy (non-hydrogen) atoms. The average Bonchev–Trinajstić information content (AvgIpc) is 2.77. The van der Waals surface area contributed by atoms with Crippen LogP contribution < -0.4 is 5.32 Å². The van der Waals surface area contributed by atoms with Crippen LogP contribution in [0.3, 0.4) is 0 Å². The molecule has 0 aromatic heterocycles. The molecule has 1 aromatic rings. The van der Waals surface area contributed by atoms with Crippen molar-refractivity contribution in [1.29, 1.82) is 0 Å². The van der Waals surface area contributed by atoms with Gasteiger partial charge < -0.3 is 5.32 Å². The van der Waals surface area contributed by atoms with Crippen LogP contribution in [-0.4, -0.2) is 35.7 Å². The van der Waals surface area contributed by atoms with E-state index >= 15 is 0 Å². The summed E-state index contributed by atoms with van der Waals surface area (Å²) in [5.41, 5.74) is 0.909. The Kier molecular flexibility index (Phi) is 5.90. The minimum Gasteiger partial charge on any atom is -0.356 e. The van der Waals surface area contributed by atoms with Gasteiger partial charge >= 0.3 is 0 Å². The third-order valence-corrected chi connectivity index (χ3v) is 3.94. The molecule has 3 amide bonds. The molecular weight excluding hydrogens is 292 g/mol. The zero-order chi connectivity index (χ0) is 16.8. The molecule has 0 fully saturated rings. The van der Waals surface area contributed by atoms with Gasteiger partial charge in [0.15, 0.2) is 0 Å². The molecule has 0 bridgehead atoms. The van der Waals surface area contributed by atoms with Crippen molar-refractivity contribution in [3.63, 3.8) is 0 Å². The third-order valence-electron chi connectivity index (χ3n) is 3.94. The van der Waals surface area contributed by atoms with E-state index in [9.17, 15) is 14.4 Å². The van der Waals surface area contributed by atoms with Crippen molar-refractivity contribution in [3.05, 3.63) is 35.4 Å². The van der Waals surface area contributed by atoms with Gasteiger partial charge in [-0.2, -0.15) is 0 Å². The summed E-state index contributed by atoms with van der Waals surface area (Å²) in [7, 11) is 0. The Morgan fingerprint density at radius 2 is 1.70 bits per heavy atom. The highest BCUT2D eigenvalue weighted by atomic mass is 16.2. The normalized spacial score (nSPS) is 13.6. The number of rotatable bonds is 8. The van der Waals surface area contributed by atoms with Gasteiger partial charge in [0.1, 0.15) is 0 Å². The van der Waals surface area contributed by atoms with Crippen LogP contribution in [0.4, 0.5) is 0 Å². The zero-order valence-electron chi connectivity index (χ0n) is 13.8. The molecule has 0 saturated heterocycles. The van der Waals surface area contributed by atoms with Crippen LogP contribution in [0.1, 0.15) is 60.2 Å². The zero-order valence-corrected chi connectivity index (χ0v) is 13.8. The molecule has 5 nitrogen and oxygen atoms in total. The molecule has 5 heteroatoms. The summed E-state index contributed by atoms with van der Waals surface area (Å²) < 4.78 is 0. The van der Waals surface area contributed by atoms with Crippen LogP contribution >= 0.6 is 0 Å². The number of hydrogen-bond donors (Lipinski definition) is 1. The van der Waals surface area contributed by atoms with Crippen LogP contribution in [-0.2, 0) is 4.79 Å². The van der Waals surface area contributed by atoms with E-state index in [0.29, 0.717) is 36.4 Å². The quantitative estimate of drug-likeness (QED) is 0.592. The molecular formula is C18H24N2O3. The van der Waals surface area contributed by atoms with Crippen molar-refractivity contribution >= 4 is 17.7 Å². The summed E-state index contributed by atoms with van der Waals surface area (Å²) in [5, 5.41) is 2.88. The summed E-state index contributed by atoms with van der Waals surface area (Å²) in [6, 6.07) is 6.82. The minimum absolute atomic E-state index is 0.0228. The molecule has 1 N–H and O–H groups in total. The molecule has 1 aliphatic rings. The fourth-order valence-corrected chi connectivity index (χ4v) is 2.67. The Morgan fingerprint density at radius 3 is 2.26 bits per heavy atom. The number of hydrogen-bond acceptors (Lipinski definition) is 3. The lowest BCUT2D eigenvalue weighted by Crippen LogP contribution is -2.32. The van der Waals surface area contributed by atoms with E-state index in [4.69, 9.17) is 0 Å². The SMILES string of the molecule is CC(C)CCCNC(=O)CCCN1C(=O)c2ccccc2C1=O. The Balaban J connectivity index is 1.72. The van der Waals surface area contributed by atoms with Crippen LogP contribution in [0.5, 0.6) is 0 Å². The number of amides is 3. The van der Waals surface area contributed by atoms with Gasteiger partial charge in [-0.15, -0.1) is 0 Å². The first-order valence-electron chi connectivity index (χ1n) is 8.22. The number of fused-ring (bicyclic) bond motifs is 1. The second-order valence-corrected chi connectivity index (χ2v) is 6.30. The smallest absolute Gasteiger partial charge is 0.261 e. The molecule has 1 heterocycles. The molecule has 0 saturated carbocycles. The summed E-state index contributed by atoms with van der Waals surface area (Å²) >= 11 is 0. The second-order valence-electron chi connectivity index (χ2n) is 6.30. The molecule has 0 spiro atoms. The highest BCUT2D eigenvalue weighted by Crippen LogP contribution is 2.22. The van der Waals surface area contributed by atoms with Gasteiger partial charge in [0.05, 0.1) is 11.1 Å². The second kappa shape index (κ2) is 7.90. The highest BCUT2D eigenvalue weighted by molar-refractivity contribution is 6.21. The van der Waals surface area contributed by atoms with Gasteiger partial charge in [0.2, 0.25) is 5.91 Å². The summed E-state index contributed by atoms with van der Waals surface area (Å²) in [4.78, 5) is 37.3. The van der Waals surface area contributed by atoms with Crippen LogP contribution in [0.15, 0.2) is 24.3 Å². The molecule has 2 rings (SSSR count). The molecule has 0 radical (unpaired) electrons. The van der Waals surface area contributed by atoms with Gasteiger partial charge in [-0.05, 0) is 37.3 Å². The number of carbonyl (C=O) groups excluding carboxylic acids is 3. The molecule has 0 atom stereocenters. The number of nitrogens with one attached hydrogen (secondary N) is 1. The first-order valence-corrected chi connectivity index (χ1v) is 8.22. The fourth-order valence-electron chi connectivity index (χ4n) is 2.67. The fraction of sp³-hybridized carbons (Fsp3) is 0.500. The summed E-state index contributed by atoms with van der Waals surface area (Å²) in [5.74, 6) is 0.0944. The maximum absolute atomic E-state index is 12.2. The predicted molar refractivity (Wildman–Crippen MR) is 88.1 cm³/mol. The Morgan fingerprint density at radius 1 is 1.09 bits per heavy atom. The van der Waals surface area contributed by atoms with Gasteiger partial charge in [-0.25, -0.2) is 0 Å². The number of benzene rings is 1. The maximum Gasteiger partial charge on any atom is 0.261 e. The Hall–Kier alpha value is -2.17. The topological polar surface area (TPSA) is 66.5 Å². The number of carbonyl (C=O) groups is 3. The van der Waals surface area contributed by atoms with E-state index in [2.05, 4.69) is 19.2 Å². The van der Waals surface area contributed by atoms with Crippen LogP contribution in [0, 0.1) is 5.92 Å².